The zero-order chi connectivity index (χ0) is 20.1. The molecule has 6 nitrogen and oxygen atoms in total. The second kappa shape index (κ2) is 8.58. The average molecular weight is 410 g/mol. The van der Waals surface area contributed by atoms with E-state index in [2.05, 4.69) is 6.92 Å². The topological polar surface area (TPSA) is 107 Å². The Morgan fingerprint density at radius 1 is 1.28 bits per heavy atom. The van der Waals surface area contributed by atoms with Crippen molar-refractivity contribution >= 4 is 11.9 Å². The molecular formula is C22H27NaO6. The number of phenolic OH excluding ortho intramolecular Hbond substituents is 1. The van der Waals surface area contributed by atoms with Crippen molar-refractivity contribution in [3.8, 4) is 5.75 Å². The summed E-state index contributed by atoms with van der Waals surface area (Å²) in [6.45, 7) is 2.10. The minimum atomic E-state index is -1.28. The van der Waals surface area contributed by atoms with Crippen molar-refractivity contribution in [3.05, 3.63) is 29.3 Å². The first-order valence-electron chi connectivity index (χ1n) is 10.2. The van der Waals surface area contributed by atoms with E-state index in [0.29, 0.717) is 24.0 Å². The first kappa shape index (κ1) is 22.6. The van der Waals surface area contributed by atoms with E-state index in [1.54, 1.807) is 6.07 Å². The number of aromatic hydroxyl groups is 1. The van der Waals surface area contributed by atoms with Crippen LogP contribution in [-0.4, -0.2) is 34.4 Å². The fraction of sp³-hybridized carbons (Fsp3) is 0.636. The van der Waals surface area contributed by atoms with E-state index in [-0.39, 0.29) is 53.7 Å². The van der Waals surface area contributed by atoms with Crippen LogP contribution in [0.15, 0.2) is 18.2 Å². The molecule has 3 aliphatic rings. The molecule has 2 fully saturated rings. The number of fused-ring (bicyclic) bond motifs is 5. The van der Waals surface area contributed by atoms with Gasteiger partial charge in [0.25, 0.3) is 0 Å². The van der Waals surface area contributed by atoms with Crippen molar-refractivity contribution in [1.29, 1.82) is 0 Å². The standard InChI is InChI=1S/C22H28O6.Na/c1-22-9-8-15-14-5-3-13(23)10-12(14)2-4-16(15)17(22)11-18(24)21(22)28-20(27)7-6-19(25)26;/h3,5,10,15-18,21,23-24H,2,4,6-9,11H2,1H3,(H,25,26);/q;+1/p-1/t15-,16-,17+,18-,21+,22+;/m1./s1. The smallest absolute Gasteiger partial charge is 0.550 e. The average Bonchev–Trinajstić information content (AvgIpc) is 2.90. The molecular weight excluding hydrogens is 383 g/mol. The van der Waals surface area contributed by atoms with Gasteiger partial charge in [0.1, 0.15) is 11.9 Å². The van der Waals surface area contributed by atoms with Gasteiger partial charge in [0.05, 0.1) is 12.5 Å². The van der Waals surface area contributed by atoms with Gasteiger partial charge in [0.2, 0.25) is 0 Å². The molecule has 2 saturated carbocycles. The van der Waals surface area contributed by atoms with E-state index < -0.39 is 24.1 Å². The molecule has 0 amide bonds. The maximum atomic E-state index is 12.1. The number of carboxylic acid groups (broad SMARTS) is 1. The SMILES string of the molecule is C[C@]12CC[C@@H]3c4ccc(O)cc4CC[C@H]3[C@@H]1C[C@@H](O)[C@@H]2OC(=O)CCC(=O)[O-].[Na+]. The van der Waals surface area contributed by atoms with Crippen molar-refractivity contribution in [2.75, 3.05) is 0 Å². The summed E-state index contributed by atoms with van der Waals surface area (Å²) in [5.41, 5.74) is 2.22. The van der Waals surface area contributed by atoms with E-state index in [1.165, 1.54) is 11.1 Å². The van der Waals surface area contributed by atoms with Gasteiger partial charge in [0, 0.05) is 11.4 Å². The number of carbonyl (C=O) groups excluding carboxylic acids is 2. The van der Waals surface area contributed by atoms with Crippen LogP contribution in [0.2, 0.25) is 0 Å². The van der Waals surface area contributed by atoms with Gasteiger partial charge in [-0.25, -0.2) is 0 Å². The third kappa shape index (κ3) is 4.09. The molecule has 1 aromatic carbocycles. The summed E-state index contributed by atoms with van der Waals surface area (Å²) in [5.74, 6) is -0.485. The molecule has 152 valence electrons. The molecule has 1 aromatic rings. The zero-order valence-corrected chi connectivity index (χ0v) is 19.1. The second-order valence-electron chi connectivity index (χ2n) is 8.93. The summed E-state index contributed by atoms with van der Waals surface area (Å²) >= 11 is 0. The summed E-state index contributed by atoms with van der Waals surface area (Å²) in [6.07, 6.45) is 2.40. The van der Waals surface area contributed by atoms with Gasteiger partial charge >= 0.3 is 35.5 Å². The van der Waals surface area contributed by atoms with Gasteiger partial charge in [0.15, 0.2) is 0 Å². The quantitative estimate of drug-likeness (QED) is 0.470. The Bertz CT molecular complexity index is 796. The monoisotopic (exact) mass is 410 g/mol. The molecule has 0 aromatic heterocycles. The zero-order valence-electron chi connectivity index (χ0n) is 17.1. The molecule has 0 spiro atoms. The van der Waals surface area contributed by atoms with Gasteiger partial charge in [-0.2, -0.15) is 0 Å². The van der Waals surface area contributed by atoms with Crippen LogP contribution in [0.25, 0.3) is 0 Å². The van der Waals surface area contributed by atoms with Crippen LogP contribution in [0, 0.1) is 17.3 Å². The molecule has 3 aliphatic carbocycles. The molecule has 6 atom stereocenters. The van der Waals surface area contributed by atoms with Crippen LogP contribution in [0.5, 0.6) is 5.75 Å². The summed E-state index contributed by atoms with van der Waals surface area (Å²) < 4.78 is 5.60. The minimum Gasteiger partial charge on any atom is -0.550 e. The van der Waals surface area contributed by atoms with E-state index in [0.717, 1.165) is 25.7 Å². The Balaban J connectivity index is 0.00000240. The van der Waals surface area contributed by atoms with Crippen LogP contribution >= 0.6 is 0 Å². The Hall–Kier alpha value is -1.08. The number of carbonyl (C=O) groups is 2. The predicted molar refractivity (Wildman–Crippen MR) is 98.2 cm³/mol. The molecule has 0 heterocycles. The van der Waals surface area contributed by atoms with E-state index in [4.69, 9.17) is 4.74 Å². The maximum absolute atomic E-state index is 12.1. The summed E-state index contributed by atoms with van der Waals surface area (Å²) in [6, 6.07) is 5.65. The van der Waals surface area contributed by atoms with Gasteiger partial charge in [-0.05, 0) is 79.5 Å². The van der Waals surface area contributed by atoms with Crippen molar-refractivity contribution in [1.82, 2.24) is 0 Å². The van der Waals surface area contributed by atoms with Crippen LogP contribution < -0.4 is 34.7 Å². The van der Waals surface area contributed by atoms with Gasteiger partial charge < -0.3 is 24.9 Å². The van der Waals surface area contributed by atoms with Gasteiger partial charge in [-0.15, -0.1) is 0 Å². The predicted octanol–water partition coefficient (Wildman–Crippen LogP) is -1.33. The number of benzene rings is 1. The van der Waals surface area contributed by atoms with Crippen molar-refractivity contribution in [3.63, 3.8) is 0 Å². The van der Waals surface area contributed by atoms with Crippen LogP contribution in [0.4, 0.5) is 0 Å². The number of hydrogen-bond acceptors (Lipinski definition) is 6. The molecule has 0 saturated heterocycles. The number of esters is 1. The van der Waals surface area contributed by atoms with E-state index in [9.17, 15) is 24.9 Å². The van der Waals surface area contributed by atoms with Crippen LogP contribution in [0.3, 0.4) is 0 Å². The largest absolute Gasteiger partial charge is 1.00 e. The first-order valence-corrected chi connectivity index (χ1v) is 10.2. The Labute approximate surface area is 192 Å². The molecule has 0 radical (unpaired) electrons. The third-order valence-corrected chi connectivity index (χ3v) is 7.43. The van der Waals surface area contributed by atoms with E-state index in [1.807, 2.05) is 12.1 Å². The Morgan fingerprint density at radius 3 is 2.76 bits per heavy atom. The number of hydrogen-bond donors (Lipinski definition) is 2. The third-order valence-electron chi connectivity index (χ3n) is 7.43. The Morgan fingerprint density at radius 2 is 2.03 bits per heavy atom. The Kier molecular flexibility index (Phi) is 6.68. The molecule has 29 heavy (non-hydrogen) atoms. The summed E-state index contributed by atoms with van der Waals surface area (Å²) in [4.78, 5) is 22.7. The number of carboxylic acids is 1. The first-order chi connectivity index (χ1) is 13.3. The normalized spacial score (nSPS) is 34.9. The van der Waals surface area contributed by atoms with Crippen LogP contribution in [-0.2, 0) is 20.7 Å². The molecule has 0 aliphatic heterocycles. The number of ether oxygens (including phenoxy) is 1. The maximum Gasteiger partial charge on any atom is 1.00 e. The summed E-state index contributed by atoms with van der Waals surface area (Å²) in [7, 11) is 0. The molecule has 4 rings (SSSR count). The second-order valence-corrected chi connectivity index (χ2v) is 8.93. The van der Waals surface area contributed by atoms with Crippen molar-refractivity contribution in [2.24, 2.45) is 17.3 Å². The van der Waals surface area contributed by atoms with Gasteiger partial charge in [-0.1, -0.05) is 13.0 Å². The molecule has 2 N–H and O–H groups in total. The number of aryl methyl sites for hydroxylation is 1. The number of phenols is 1. The fourth-order valence-corrected chi connectivity index (χ4v) is 6.15. The fourth-order valence-electron chi connectivity index (χ4n) is 6.15. The molecule has 7 heteroatoms. The molecule has 0 unspecified atom stereocenters. The number of aliphatic carboxylic acids is 1. The summed E-state index contributed by atoms with van der Waals surface area (Å²) in [5, 5.41) is 31.1. The van der Waals surface area contributed by atoms with Crippen LogP contribution in [0.1, 0.15) is 62.5 Å². The van der Waals surface area contributed by atoms with Crippen molar-refractivity contribution < 1.29 is 59.2 Å². The van der Waals surface area contributed by atoms with Gasteiger partial charge in [-0.3, -0.25) is 4.79 Å². The number of aliphatic hydroxyl groups is 1. The number of rotatable bonds is 4. The number of aliphatic hydroxyl groups excluding tert-OH is 1. The minimum absolute atomic E-state index is 0. The van der Waals surface area contributed by atoms with Crippen molar-refractivity contribution in [2.45, 2.75) is 70.0 Å². The van der Waals surface area contributed by atoms with E-state index >= 15 is 0 Å². The molecule has 0 bridgehead atoms.